The molecular formula is C21H26ClN3O. The average Bonchev–Trinajstić information content (AvgIpc) is 3.23. The van der Waals surface area contributed by atoms with Crippen molar-refractivity contribution in [2.24, 2.45) is 0 Å². The molecule has 2 aromatic rings. The summed E-state index contributed by atoms with van der Waals surface area (Å²) in [5.41, 5.74) is 5.45. The highest BCUT2D eigenvalue weighted by molar-refractivity contribution is 6.30. The second-order valence-corrected chi connectivity index (χ2v) is 8.55. The minimum atomic E-state index is -0.157. The van der Waals surface area contributed by atoms with Gasteiger partial charge < -0.3 is 4.74 Å². The van der Waals surface area contributed by atoms with Gasteiger partial charge in [-0.1, -0.05) is 17.7 Å². The molecule has 0 aliphatic carbocycles. The number of rotatable bonds is 2. The molecule has 5 rings (SSSR count). The van der Waals surface area contributed by atoms with Crippen LogP contribution in [0.4, 0.5) is 0 Å². The van der Waals surface area contributed by atoms with Gasteiger partial charge in [-0.3, -0.25) is 9.58 Å². The van der Waals surface area contributed by atoms with E-state index in [0.29, 0.717) is 6.04 Å². The SMILES string of the molecule is C[C@H]1C[C@@]2(CCN1Cc1cnn3c1CCC3)OCCc1ccc(Cl)cc12. The Morgan fingerprint density at radius 2 is 2.23 bits per heavy atom. The molecule has 0 unspecified atom stereocenters. The summed E-state index contributed by atoms with van der Waals surface area (Å²) >= 11 is 6.32. The molecule has 5 heteroatoms. The zero-order valence-electron chi connectivity index (χ0n) is 15.4. The van der Waals surface area contributed by atoms with Crippen LogP contribution in [0.5, 0.6) is 0 Å². The summed E-state index contributed by atoms with van der Waals surface area (Å²) in [5.74, 6) is 0. The Labute approximate surface area is 160 Å². The third-order valence-corrected chi connectivity index (χ3v) is 6.79. The van der Waals surface area contributed by atoms with Gasteiger partial charge in [0.1, 0.15) is 0 Å². The fourth-order valence-corrected chi connectivity index (χ4v) is 5.34. The first-order chi connectivity index (χ1) is 12.6. The maximum absolute atomic E-state index is 6.41. The van der Waals surface area contributed by atoms with Gasteiger partial charge in [0, 0.05) is 42.0 Å². The molecule has 1 fully saturated rings. The third kappa shape index (κ3) is 2.70. The molecule has 0 radical (unpaired) electrons. The molecule has 4 nitrogen and oxygen atoms in total. The monoisotopic (exact) mass is 371 g/mol. The molecular weight excluding hydrogens is 346 g/mol. The summed E-state index contributed by atoms with van der Waals surface area (Å²) in [6, 6.07) is 6.82. The number of aromatic nitrogens is 2. The van der Waals surface area contributed by atoms with E-state index in [1.807, 2.05) is 6.07 Å². The number of fused-ring (bicyclic) bond motifs is 3. The van der Waals surface area contributed by atoms with Gasteiger partial charge >= 0.3 is 0 Å². The molecule has 0 amide bonds. The van der Waals surface area contributed by atoms with E-state index in [1.165, 1.54) is 35.2 Å². The first kappa shape index (κ1) is 16.8. The minimum Gasteiger partial charge on any atom is -0.370 e. The maximum Gasteiger partial charge on any atom is 0.0961 e. The molecule has 3 aliphatic heterocycles. The Balaban J connectivity index is 1.37. The predicted octanol–water partition coefficient (Wildman–Crippen LogP) is 3.94. The van der Waals surface area contributed by atoms with E-state index in [2.05, 4.69) is 39.9 Å². The summed E-state index contributed by atoms with van der Waals surface area (Å²) in [4.78, 5) is 2.60. The van der Waals surface area contributed by atoms with E-state index in [4.69, 9.17) is 16.3 Å². The van der Waals surface area contributed by atoms with Crippen molar-refractivity contribution in [3.8, 4) is 0 Å². The Bertz CT molecular complexity index is 833. The molecule has 1 spiro atoms. The first-order valence-corrected chi connectivity index (χ1v) is 10.2. The number of halogens is 1. The van der Waals surface area contributed by atoms with E-state index in [1.54, 1.807) is 0 Å². The standard InChI is InChI=1S/C21H26ClN3O/c1-15-12-21(19-11-18(22)5-4-16(19)6-10-26-21)7-9-24(15)14-17-13-23-25-8-2-3-20(17)25/h4-5,11,13,15H,2-3,6-10,12,14H2,1H3/t15-,21+/m0/s1. The summed E-state index contributed by atoms with van der Waals surface area (Å²) in [6.07, 6.45) is 7.56. The average molecular weight is 372 g/mol. The molecule has 0 N–H and O–H groups in total. The van der Waals surface area contributed by atoms with Crippen LogP contribution in [-0.2, 0) is 36.3 Å². The van der Waals surface area contributed by atoms with Gasteiger partial charge in [-0.2, -0.15) is 5.10 Å². The summed E-state index contributed by atoms with van der Waals surface area (Å²) < 4.78 is 8.60. The molecule has 1 aromatic heterocycles. The molecule has 3 aliphatic rings. The van der Waals surface area contributed by atoms with Crippen LogP contribution in [0.2, 0.25) is 5.02 Å². The lowest BCUT2D eigenvalue weighted by Gasteiger charge is -2.48. The molecule has 26 heavy (non-hydrogen) atoms. The van der Waals surface area contributed by atoms with Crippen LogP contribution in [0.3, 0.4) is 0 Å². The lowest BCUT2D eigenvalue weighted by Crippen LogP contribution is -2.50. The number of hydrogen-bond donors (Lipinski definition) is 0. The number of benzene rings is 1. The lowest BCUT2D eigenvalue weighted by atomic mass is 9.77. The van der Waals surface area contributed by atoms with E-state index in [-0.39, 0.29) is 5.60 Å². The summed E-state index contributed by atoms with van der Waals surface area (Å²) in [7, 11) is 0. The molecule has 2 atom stereocenters. The Morgan fingerprint density at radius 3 is 3.12 bits per heavy atom. The van der Waals surface area contributed by atoms with E-state index < -0.39 is 0 Å². The summed E-state index contributed by atoms with van der Waals surface area (Å²) in [6.45, 7) is 6.30. The lowest BCUT2D eigenvalue weighted by molar-refractivity contribution is -0.113. The van der Waals surface area contributed by atoms with Gasteiger partial charge in [0.15, 0.2) is 0 Å². The predicted molar refractivity (Wildman–Crippen MR) is 102 cm³/mol. The quantitative estimate of drug-likeness (QED) is 0.801. The fraction of sp³-hybridized carbons (Fsp3) is 0.571. The number of piperidine rings is 1. The Hall–Kier alpha value is -1.36. The maximum atomic E-state index is 6.41. The van der Waals surface area contributed by atoms with Gasteiger partial charge in [-0.25, -0.2) is 0 Å². The number of nitrogens with zero attached hydrogens (tertiary/aromatic N) is 3. The van der Waals surface area contributed by atoms with Crippen molar-refractivity contribution >= 4 is 11.6 Å². The van der Waals surface area contributed by atoms with Gasteiger partial charge in [0.2, 0.25) is 0 Å². The van der Waals surface area contributed by atoms with Crippen molar-refractivity contribution in [2.45, 2.75) is 63.8 Å². The smallest absolute Gasteiger partial charge is 0.0961 e. The number of ether oxygens (including phenoxy) is 1. The highest BCUT2D eigenvalue weighted by Crippen LogP contribution is 2.44. The van der Waals surface area contributed by atoms with Gasteiger partial charge in [-0.15, -0.1) is 0 Å². The van der Waals surface area contributed by atoms with Crippen LogP contribution in [0.25, 0.3) is 0 Å². The van der Waals surface area contributed by atoms with Crippen LogP contribution in [-0.4, -0.2) is 33.9 Å². The number of likely N-dealkylation sites (tertiary alicyclic amines) is 1. The zero-order chi connectivity index (χ0) is 17.7. The molecule has 0 saturated carbocycles. The van der Waals surface area contributed by atoms with Crippen molar-refractivity contribution in [3.05, 3.63) is 51.8 Å². The van der Waals surface area contributed by atoms with Gasteiger partial charge in [0.25, 0.3) is 0 Å². The topological polar surface area (TPSA) is 30.3 Å². The number of hydrogen-bond acceptors (Lipinski definition) is 3. The van der Waals surface area contributed by atoms with Crippen LogP contribution >= 0.6 is 11.6 Å². The van der Waals surface area contributed by atoms with Crippen molar-refractivity contribution in [2.75, 3.05) is 13.2 Å². The van der Waals surface area contributed by atoms with Crippen molar-refractivity contribution < 1.29 is 4.74 Å². The Kier molecular flexibility index (Phi) is 4.11. The molecule has 138 valence electrons. The number of aryl methyl sites for hydroxylation is 1. The zero-order valence-corrected chi connectivity index (χ0v) is 16.1. The van der Waals surface area contributed by atoms with E-state index in [9.17, 15) is 0 Å². The molecule has 0 bridgehead atoms. The molecule has 1 aromatic carbocycles. The summed E-state index contributed by atoms with van der Waals surface area (Å²) in [5, 5.41) is 5.38. The van der Waals surface area contributed by atoms with Crippen LogP contribution in [0.15, 0.2) is 24.4 Å². The molecule has 1 saturated heterocycles. The normalized spacial score (nSPS) is 28.3. The minimum absolute atomic E-state index is 0.157. The third-order valence-electron chi connectivity index (χ3n) is 6.56. The highest BCUT2D eigenvalue weighted by atomic mass is 35.5. The van der Waals surface area contributed by atoms with Crippen LogP contribution < -0.4 is 0 Å². The van der Waals surface area contributed by atoms with Crippen molar-refractivity contribution in [1.29, 1.82) is 0 Å². The highest BCUT2D eigenvalue weighted by Gasteiger charge is 2.43. The largest absolute Gasteiger partial charge is 0.370 e. The molecule has 4 heterocycles. The van der Waals surface area contributed by atoms with Gasteiger partial charge in [0.05, 0.1) is 18.4 Å². The van der Waals surface area contributed by atoms with E-state index in [0.717, 1.165) is 50.5 Å². The van der Waals surface area contributed by atoms with Crippen molar-refractivity contribution in [3.63, 3.8) is 0 Å². The fourth-order valence-electron chi connectivity index (χ4n) is 5.17. The second-order valence-electron chi connectivity index (χ2n) is 8.11. The van der Waals surface area contributed by atoms with Crippen LogP contribution in [0.1, 0.15) is 48.6 Å². The van der Waals surface area contributed by atoms with Gasteiger partial charge in [-0.05, 0) is 62.3 Å². The first-order valence-electron chi connectivity index (χ1n) is 9.85. The second kappa shape index (κ2) is 6.36. The van der Waals surface area contributed by atoms with Crippen molar-refractivity contribution in [1.82, 2.24) is 14.7 Å². The van der Waals surface area contributed by atoms with Crippen LogP contribution in [0, 0.1) is 0 Å². The Morgan fingerprint density at radius 1 is 1.31 bits per heavy atom. The van der Waals surface area contributed by atoms with E-state index >= 15 is 0 Å².